The quantitative estimate of drug-likeness (QED) is 0.498. The molecular formula is C21H21N5O4. The highest BCUT2D eigenvalue weighted by Gasteiger charge is 2.22. The van der Waals surface area contributed by atoms with Crippen LogP contribution in [0.3, 0.4) is 0 Å². The van der Waals surface area contributed by atoms with Gasteiger partial charge in [0.05, 0.1) is 36.4 Å². The largest absolute Gasteiger partial charge is 0.461 e. The van der Waals surface area contributed by atoms with Crippen LogP contribution in [0.25, 0.3) is 22.5 Å². The molecule has 4 aromatic rings. The maximum Gasteiger partial charge on any atom is 0.258 e. The number of aromatic nitrogens is 4. The molecule has 30 heavy (non-hydrogen) atoms. The van der Waals surface area contributed by atoms with Crippen molar-refractivity contribution >= 4 is 10.9 Å². The molecule has 1 saturated heterocycles. The van der Waals surface area contributed by atoms with Crippen LogP contribution in [0.2, 0.25) is 0 Å². The summed E-state index contributed by atoms with van der Waals surface area (Å²) in [5, 5.41) is 4.57. The van der Waals surface area contributed by atoms with Crippen LogP contribution in [0.5, 0.6) is 0 Å². The Bertz CT molecular complexity index is 1180. The summed E-state index contributed by atoms with van der Waals surface area (Å²) in [6.45, 7) is 2.28. The monoisotopic (exact) mass is 407 g/mol. The minimum absolute atomic E-state index is 0.129. The number of aromatic amines is 1. The summed E-state index contributed by atoms with van der Waals surface area (Å²) >= 11 is 0. The third-order valence-corrected chi connectivity index (χ3v) is 5.09. The number of H-pyrrole nitrogens is 1. The fourth-order valence-electron chi connectivity index (χ4n) is 3.70. The number of rotatable bonds is 7. The number of para-hydroxylation sites is 1. The molecule has 0 bridgehead atoms. The molecule has 0 saturated carbocycles. The van der Waals surface area contributed by atoms with E-state index in [1.165, 1.54) is 0 Å². The number of ether oxygens (including phenoxy) is 1. The fraction of sp³-hybridized carbons (Fsp3) is 0.333. The Morgan fingerprint density at radius 1 is 1.13 bits per heavy atom. The maximum absolute atomic E-state index is 12.4. The molecule has 0 spiro atoms. The summed E-state index contributed by atoms with van der Waals surface area (Å²) in [6.07, 6.45) is 3.74. The van der Waals surface area contributed by atoms with Gasteiger partial charge in [-0.2, -0.15) is 4.98 Å². The molecule has 3 aromatic heterocycles. The Labute approximate surface area is 171 Å². The second-order valence-electron chi connectivity index (χ2n) is 7.32. The number of benzene rings is 1. The van der Waals surface area contributed by atoms with Gasteiger partial charge in [0.25, 0.3) is 5.56 Å². The van der Waals surface area contributed by atoms with E-state index in [-0.39, 0.29) is 11.7 Å². The van der Waals surface area contributed by atoms with Crippen molar-refractivity contribution in [1.82, 2.24) is 25.0 Å². The van der Waals surface area contributed by atoms with Crippen LogP contribution in [-0.2, 0) is 17.8 Å². The molecule has 9 heteroatoms. The summed E-state index contributed by atoms with van der Waals surface area (Å²) in [5.41, 5.74) is 0.525. The van der Waals surface area contributed by atoms with Gasteiger partial charge in [-0.15, -0.1) is 0 Å². The Balaban J connectivity index is 1.38. The van der Waals surface area contributed by atoms with E-state index >= 15 is 0 Å². The van der Waals surface area contributed by atoms with Gasteiger partial charge >= 0.3 is 0 Å². The normalized spacial score (nSPS) is 16.6. The fourth-order valence-corrected chi connectivity index (χ4v) is 3.70. The Hall–Kier alpha value is -3.30. The van der Waals surface area contributed by atoms with E-state index in [0.29, 0.717) is 53.8 Å². The number of furan rings is 1. The maximum atomic E-state index is 12.4. The van der Waals surface area contributed by atoms with Gasteiger partial charge in [0.1, 0.15) is 5.82 Å². The van der Waals surface area contributed by atoms with Gasteiger partial charge in [0.15, 0.2) is 5.76 Å². The molecule has 1 atom stereocenters. The highest BCUT2D eigenvalue weighted by Crippen LogP contribution is 2.19. The van der Waals surface area contributed by atoms with Crippen LogP contribution in [0.4, 0.5) is 0 Å². The van der Waals surface area contributed by atoms with Crippen LogP contribution in [0.15, 0.2) is 56.4 Å². The molecule has 1 aliphatic rings. The Morgan fingerprint density at radius 2 is 2.07 bits per heavy atom. The summed E-state index contributed by atoms with van der Waals surface area (Å²) in [6, 6.07) is 10.9. The highest BCUT2D eigenvalue weighted by molar-refractivity contribution is 5.77. The van der Waals surface area contributed by atoms with Crippen molar-refractivity contribution in [2.75, 3.05) is 13.2 Å². The van der Waals surface area contributed by atoms with Gasteiger partial charge in [0, 0.05) is 13.2 Å². The van der Waals surface area contributed by atoms with Crippen molar-refractivity contribution in [2.24, 2.45) is 0 Å². The van der Waals surface area contributed by atoms with Gasteiger partial charge in [-0.1, -0.05) is 17.3 Å². The highest BCUT2D eigenvalue weighted by atomic mass is 16.5. The lowest BCUT2D eigenvalue weighted by Crippen LogP contribution is -2.33. The van der Waals surface area contributed by atoms with E-state index in [1.54, 1.807) is 24.5 Å². The number of hydrogen-bond donors (Lipinski definition) is 1. The van der Waals surface area contributed by atoms with Crippen molar-refractivity contribution in [3.8, 4) is 11.6 Å². The summed E-state index contributed by atoms with van der Waals surface area (Å²) < 4.78 is 16.5. The lowest BCUT2D eigenvalue weighted by atomic mass is 10.2. The second-order valence-corrected chi connectivity index (χ2v) is 7.32. The van der Waals surface area contributed by atoms with Gasteiger partial charge in [0.2, 0.25) is 11.7 Å². The molecule has 4 heterocycles. The van der Waals surface area contributed by atoms with Crippen molar-refractivity contribution in [1.29, 1.82) is 0 Å². The zero-order chi connectivity index (χ0) is 20.3. The number of fused-ring (bicyclic) bond motifs is 1. The first-order valence-corrected chi connectivity index (χ1v) is 9.93. The van der Waals surface area contributed by atoms with Gasteiger partial charge < -0.3 is 18.7 Å². The number of hydrogen-bond acceptors (Lipinski definition) is 8. The standard InChI is InChI=1S/C21H21N5O4/c27-21-15-6-1-2-7-16(15)22-18(23-21)12-26(11-14-5-3-9-28-14)13-19-24-20(25-30-19)17-8-4-10-29-17/h1-2,4,6-8,10,14H,3,5,9,11-13H2,(H,22,23,27)/t14-/m1/s1. The average molecular weight is 407 g/mol. The topological polar surface area (TPSA) is 110 Å². The molecule has 0 radical (unpaired) electrons. The van der Waals surface area contributed by atoms with Crippen LogP contribution in [0, 0.1) is 0 Å². The third-order valence-electron chi connectivity index (χ3n) is 5.09. The predicted molar refractivity (Wildman–Crippen MR) is 107 cm³/mol. The summed E-state index contributed by atoms with van der Waals surface area (Å²) in [5.74, 6) is 2.01. The lowest BCUT2D eigenvalue weighted by molar-refractivity contribution is 0.0631. The predicted octanol–water partition coefficient (Wildman–Crippen LogP) is 2.75. The average Bonchev–Trinajstić information content (AvgIpc) is 3.51. The first-order valence-electron chi connectivity index (χ1n) is 9.93. The number of nitrogens with one attached hydrogen (secondary N) is 1. The van der Waals surface area contributed by atoms with Crippen molar-refractivity contribution < 1.29 is 13.7 Å². The van der Waals surface area contributed by atoms with Crippen molar-refractivity contribution in [3.63, 3.8) is 0 Å². The zero-order valence-electron chi connectivity index (χ0n) is 16.3. The number of nitrogens with zero attached hydrogens (tertiary/aromatic N) is 4. The molecule has 0 unspecified atom stereocenters. The van der Waals surface area contributed by atoms with Crippen molar-refractivity contribution in [2.45, 2.75) is 32.0 Å². The molecule has 0 aliphatic carbocycles. The van der Waals surface area contributed by atoms with E-state index in [0.717, 1.165) is 19.4 Å². The lowest BCUT2D eigenvalue weighted by Gasteiger charge is -2.23. The molecule has 1 aliphatic heterocycles. The van der Waals surface area contributed by atoms with E-state index in [1.807, 2.05) is 18.2 Å². The van der Waals surface area contributed by atoms with Crippen molar-refractivity contribution in [3.05, 3.63) is 64.7 Å². The van der Waals surface area contributed by atoms with Crippen LogP contribution in [-0.4, -0.2) is 44.3 Å². The van der Waals surface area contributed by atoms with Crippen LogP contribution < -0.4 is 5.56 Å². The minimum atomic E-state index is -0.148. The SMILES string of the molecule is O=c1[nH]c(CN(Cc2nc(-c3ccco3)no2)C[C@H]2CCCO2)nc2ccccc12. The first kappa shape index (κ1) is 18.7. The minimum Gasteiger partial charge on any atom is -0.461 e. The Morgan fingerprint density at radius 3 is 2.90 bits per heavy atom. The molecule has 9 nitrogen and oxygen atoms in total. The van der Waals surface area contributed by atoms with Gasteiger partial charge in [-0.05, 0) is 37.1 Å². The summed E-state index contributed by atoms with van der Waals surface area (Å²) in [4.78, 5) is 26.5. The van der Waals surface area contributed by atoms with E-state index < -0.39 is 0 Å². The van der Waals surface area contributed by atoms with Gasteiger partial charge in [-0.25, -0.2) is 4.98 Å². The van der Waals surface area contributed by atoms with Gasteiger partial charge in [-0.3, -0.25) is 9.69 Å². The summed E-state index contributed by atoms with van der Waals surface area (Å²) in [7, 11) is 0. The van der Waals surface area contributed by atoms with E-state index in [9.17, 15) is 4.79 Å². The molecule has 0 amide bonds. The van der Waals surface area contributed by atoms with E-state index in [4.69, 9.17) is 13.7 Å². The molecule has 1 fully saturated rings. The molecule has 1 aromatic carbocycles. The van der Waals surface area contributed by atoms with Crippen LogP contribution in [0.1, 0.15) is 24.6 Å². The van der Waals surface area contributed by atoms with E-state index in [2.05, 4.69) is 25.0 Å². The third kappa shape index (κ3) is 4.03. The molecule has 154 valence electrons. The zero-order valence-corrected chi connectivity index (χ0v) is 16.3. The smallest absolute Gasteiger partial charge is 0.258 e. The van der Waals surface area contributed by atoms with Crippen LogP contribution >= 0.6 is 0 Å². The second kappa shape index (κ2) is 8.21. The molecule has 1 N–H and O–H groups in total. The first-order chi connectivity index (χ1) is 14.7. The Kier molecular flexibility index (Phi) is 5.12. The molecular weight excluding hydrogens is 386 g/mol. The molecule has 5 rings (SSSR count).